The lowest BCUT2D eigenvalue weighted by molar-refractivity contribution is 0.526. The zero-order valence-electron chi connectivity index (χ0n) is 12.3. The maximum absolute atomic E-state index is 4.54. The van der Waals surface area contributed by atoms with Crippen LogP contribution in [-0.2, 0) is 0 Å². The number of aliphatic imine (C=N–C) groups is 2. The average Bonchev–Trinajstić information content (AvgIpc) is 2.45. The van der Waals surface area contributed by atoms with E-state index in [1.54, 1.807) is 0 Å². The van der Waals surface area contributed by atoms with Gasteiger partial charge < -0.3 is 10.6 Å². The first-order valence-corrected chi connectivity index (χ1v) is 7.19. The van der Waals surface area contributed by atoms with Gasteiger partial charge in [0.15, 0.2) is 0 Å². The van der Waals surface area contributed by atoms with Crippen LogP contribution in [0.15, 0.2) is 34.5 Å². The minimum absolute atomic E-state index is 0.557. The summed E-state index contributed by atoms with van der Waals surface area (Å²) in [5.74, 6) is 1.96. The van der Waals surface area contributed by atoms with Crippen molar-refractivity contribution in [2.45, 2.75) is 52.5 Å². The molecule has 0 saturated heterocycles. The minimum Gasteiger partial charge on any atom is -0.371 e. The Hall–Kier alpha value is -1.58. The monoisotopic (exact) mass is 262 g/mol. The van der Waals surface area contributed by atoms with Gasteiger partial charge in [0.25, 0.3) is 0 Å². The average molecular weight is 262 g/mol. The highest BCUT2D eigenvalue weighted by Gasteiger charge is 2.14. The quantitative estimate of drug-likeness (QED) is 0.571. The van der Waals surface area contributed by atoms with E-state index in [1.807, 2.05) is 25.4 Å². The van der Waals surface area contributed by atoms with Crippen LogP contribution in [0.4, 0.5) is 0 Å². The fourth-order valence-corrected chi connectivity index (χ4v) is 1.85. The van der Waals surface area contributed by atoms with Crippen LogP contribution in [0, 0.1) is 0 Å². The first-order chi connectivity index (χ1) is 9.30. The van der Waals surface area contributed by atoms with Crippen molar-refractivity contribution in [1.82, 2.24) is 10.6 Å². The van der Waals surface area contributed by atoms with Gasteiger partial charge in [-0.25, -0.2) is 4.99 Å². The number of hydrogen-bond acceptors (Lipinski definition) is 3. The molecule has 0 radical (unpaired) electrons. The van der Waals surface area contributed by atoms with E-state index in [9.17, 15) is 0 Å². The van der Waals surface area contributed by atoms with E-state index in [4.69, 9.17) is 0 Å². The van der Waals surface area contributed by atoms with Gasteiger partial charge in [0, 0.05) is 18.8 Å². The standard InChI is InChI=1S/C15H26N4/c1-4-7-10-17-14(16-9-5-2)12-15-18-11-8-13(6-3)19-15/h5,7,9-10,13H,4,6,8,11-12H2,1-3H3,(H,16,17)(H,18,19)/b9-5+,10-7+. The van der Waals surface area contributed by atoms with E-state index in [2.05, 4.69) is 40.5 Å². The summed E-state index contributed by atoms with van der Waals surface area (Å²) in [4.78, 5) is 8.95. The summed E-state index contributed by atoms with van der Waals surface area (Å²) in [6.45, 7) is 7.20. The lowest BCUT2D eigenvalue weighted by Gasteiger charge is -2.23. The molecule has 106 valence electrons. The number of nitrogens with zero attached hydrogens (tertiary/aromatic N) is 2. The van der Waals surface area contributed by atoms with Gasteiger partial charge in [0.05, 0.1) is 6.42 Å². The Morgan fingerprint density at radius 1 is 1.53 bits per heavy atom. The summed E-state index contributed by atoms with van der Waals surface area (Å²) in [5, 5.41) is 6.71. The predicted octanol–water partition coefficient (Wildman–Crippen LogP) is 2.99. The van der Waals surface area contributed by atoms with E-state index in [0.717, 1.165) is 43.9 Å². The largest absolute Gasteiger partial charge is 0.371 e. The van der Waals surface area contributed by atoms with Crippen LogP contribution < -0.4 is 10.6 Å². The highest BCUT2D eigenvalue weighted by atomic mass is 15.1. The van der Waals surface area contributed by atoms with Crippen molar-refractivity contribution in [2.75, 3.05) is 6.54 Å². The predicted molar refractivity (Wildman–Crippen MR) is 83.6 cm³/mol. The maximum atomic E-state index is 4.54. The summed E-state index contributed by atoms with van der Waals surface area (Å²) in [7, 11) is 0. The van der Waals surface area contributed by atoms with Gasteiger partial charge in [-0.15, -0.1) is 0 Å². The lowest BCUT2D eigenvalue weighted by atomic mass is 10.1. The van der Waals surface area contributed by atoms with Gasteiger partial charge in [-0.1, -0.05) is 26.0 Å². The van der Waals surface area contributed by atoms with Crippen LogP contribution in [0.25, 0.3) is 0 Å². The molecule has 2 N–H and O–H groups in total. The van der Waals surface area contributed by atoms with E-state index in [0.29, 0.717) is 6.04 Å². The number of rotatable bonds is 6. The number of amidine groups is 2. The second kappa shape index (κ2) is 9.36. The van der Waals surface area contributed by atoms with E-state index in [-0.39, 0.29) is 0 Å². The van der Waals surface area contributed by atoms with E-state index >= 15 is 0 Å². The zero-order chi connectivity index (χ0) is 13.9. The minimum atomic E-state index is 0.557. The van der Waals surface area contributed by atoms with E-state index < -0.39 is 0 Å². The Morgan fingerprint density at radius 2 is 2.37 bits per heavy atom. The molecule has 0 aliphatic carbocycles. The van der Waals surface area contributed by atoms with Crippen LogP contribution in [0.3, 0.4) is 0 Å². The Morgan fingerprint density at radius 3 is 3.05 bits per heavy atom. The molecule has 0 aromatic carbocycles. The fraction of sp³-hybridized carbons (Fsp3) is 0.600. The molecule has 1 rings (SSSR count). The Balaban J connectivity index is 2.61. The van der Waals surface area contributed by atoms with Crippen molar-refractivity contribution in [2.24, 2.45) is 9.98 Å². The molecule has 1 heterocycles. The first kappa shape index (κ1) is 15.5. The Kier molecular flexibility index (Phi) is 7.63. The highest BCUT2D eigenvalue weighted by Crippen LogP contribution is 2.05. The van der Waals surface area contributed by atoms with Crippen molar-refractivity contribution >= 4 is 11.7 Å². The molecule has 1 atom stereocenters. The lowest BCUT2D eigenvalue weighted by Crippen LogP contribution is -2.40. The third-order valence-electron chi connectivity index (χ3n) is 2.96. The SMILES string of the molecule is C/C=C/N=C(CC1=NCCC(CC)N1)N/C=C/CC. The topological polar surface area (TPSA) is 48.8 Å². The van der Waals surface area contributed by atoms with Crippen molar-refractivity contribution in [3.8, 4) is 0 Å². The molecule has 0 fully saturated rings. The van der Waals surface area contributed by atoms with Gasteiger partial charge in [0.2, 0.25) is 0 Å². The summed E-state index contributed by atoms with van der Waals surface area (Å²) in [5.41, 5.74) is 0. The third-order valence-corrected chi connectivity index (χ3v) is 2.96. The molecular weight excluding hydrogens is 236 g/mol. The number of nitrogens with one attached hydrogen (secondary N) is 2. The molecule has 1 aliphatic heterocycles. The van der Waals surface area contributed by atoms with Crippen molar-refractivity contribution in [3.05, 3.63) is 24.6 Å². The van der Waals surface area contributed by atoms with Crippen LogP contribution in [0.5, 0.6) is 0 Å². The molecule has 4 nitrogen and oxygen atoms in total. The van der Waals surface area contributed by atoms with E-state index in [1.165, 1.54) is 0 Å². The molecule has 1 aliphatic rings. The van der Waals surface area contributed by atoms with Gasteiger partial charge in [-0.05, 0) is 32.4 Å². The second-order valence-electron chi connectivity index (χ2n) is 4.56. The van der Waals surface area contributed by atoms with Crippen LogP contribution in [-0.4, -0.2) is 24.3 Å². The summed E-state index contributed by atoms with van der Waals surface area (Å²) in [6, 6.07) is 0.557. The maximum Gasteiger partial charge on any atom is 0.113 e. The van der Waals surface area contributed by atoms with Crippen LogP contribution >= 0.6 is 0 Å². The molecule has 0 aromatic heterocycles. The van der Waals surface area contributed by atoms with Crippen molar-refractivity contribution < 1.29 is 0 Å². The normalized spacial score (nSPS) is 20.7. The van der Waals surface area contributed by atoms with Gasteiger partial charge in [-0.2, -0.15) is 0 Å². The second-order valence-corrected chi connectivity index (χ2v) is 4.56. The van der Waals surface area contributed by atoms with Gasteiger partial charge in [0.1, 0.15) is 11.7 Å². The Bertz CT molecular complexity index is 366. The van der Waals surface area contributed by atoms with Gasteiger partial charge >= 0.3 is 0 Å². The van der Waals surface area contributed by atoms with Crippen molar-refractivity contribution in [3.63, 3.8) is 0 Å². The highest BCUT2D eigenvalue weighted by molar-refractivity contribution is 6.03. The molecule has 0 amide bonds. The molecule has 0 spiro atoms. The molecule has 19 heavy (non-hydrogen) atoms. The Labute approximate surface area is 116 Å². The van der Waals surface area contributed by atoms with Crippen molar-refractivity contribution in [1.29, 1.82) is 0 Å². The molecule has 0 saturated carbocycles. The fourth-order valence-electron chi connectivity index (χ4n) is 1.85. The summed E-state index contributed by atoms with van der Waals surface area (Å²) in [6.07, 6.45) is 11.8. The molecule has 4 heteroatoms. The number of hydrogen-bond donors (Lipinski definition) is 2. The molecular formula is C15H26N4. The first-order valence-electron chi connectivity index (χ1n) is 7.19. The smallest absolute Gasteiger partial charge is 0.113 e. The van der Waals surface area contributed by atoms with Crippen LogP contribution in [0.1, 0.15) is 46.5 Å². The zero-order valence-corrected chi connectivity index (χ0v) is 12.3. The summed E-state index contributed by atoms with van der Waals surface area (Å²) < 4.78 is 0. The molecule has 0 aromatic rings. The number of allylic oxidation sites excluding steroid dienone is 2. The van der Waals surface area contributed by atoms with Crippen LogP contribution in [0.2, 0.25) is 0 Å². The molecule has 1 unspecified atom stereocenters. The summed E-state index contributed by atoms with van der Waals surface area (Å²) >= 11 is 0. The molecule has 0 bridgehead atoms. The van der Waals surface area contributed by atoms with Gasteiger partial charge in [-0.3, -0.25) is 4.99 Å². The third kappa shape index (κ3) is 6.22.